The molecule has 0 aliphatic carbocycles. The SMILES string of the molecule is CCC1CCCN1c1c(C)cccc1/C(N)=N/O. The lowest BCUT2D eigenvalue weighted by atomic mass is 10.0. The third-order valence-corrected chi connectivity index (χ3v) is 3.76. The summed E-state index contributed by atoms with van der Waals surface area (Å²) in [4.78, 5) is 2.41. The van der Waals surface area contributed by atoms with Gasteiger partial charge in [-0.2, -0.15) is 0 Å². The molecule has 4 heteroatoms. The maximum absolute atomic E-state index is 8.91. The summed E-state index contributed by atoms with van der Waals surface area (Å²) in [6.07, 6.45) is 3.56. The number of aryl methyl sites for hydroxylation is 1. The minimum Gasteiger partial charge on any atom is -0.409 e. The molecule has 4 nitrogen and oxygen atoms in total. The fraction of sp³-hybridized carbons (Fsp3) is 0.500. The molecule has 1 unspecified atom stereocenters. The Morgan fingerprint density at radius 1 is 1.56 bits per heavy atom. The second-order valence-corrected chi connectivity index (χ2v) is 4.85. The van der Waals surface area contributed by atoms with Crippen molar-refractivity contribution >= 4 is 11.5 Å². The zero-order chi connectivity index (χ0) is 13.1. The first-order valence-electron chi connectivity index (χ1n) is 6.53. The van der Waals surface area contributed by atoms with E-state index in [2.05, 4.69) is 30.0 Å². The van der Waals surface area contributed by atoms with Gasteiger partial charge in [0, 0.05) is 18.2 Å². The predicted octanol–water partition coefficient (Wildman–Crippen LogP) is 2.47. The monoisotopic (exact) mass is 247 g/mol. The van der Waals surface area contributed by atoms with Crippen LogP contribution in [-0.2, 0) is 0 Å². The van der Waals surface area contributed by atoms with Crippen LogP contribution in [0.1, 0.15) is 37.3 Å². The van der Waals surface area contributed by atoms with Crippen LogP contribution in [0.2, 0.25) is 0 Å². The summed E-state index contributed by atoms with van der Waals surface area (Å²) < 4.78 is 0. The molecule has 1 aromatic carbocycles. The molecule has 0 bridgehead atoms. The normalized spacial score (nSPS) is 20.4. The molecule has 0 spiro atoms. The molecule has 0 aromatic heterocycles. The number of oxime groups is 1. The van der Waals surface area contributed by atoms with Gasteiger partial charge in [0.25, 0.3) is 0 Å². The summed E-state index contributed by atoms with van der Waals surface area (Å²) in [5.74, 6) is 0.190. The van der Waals surface area contributed by atoms with Gasteiger partial charge in [-0.3, -0.25) is 0 Å². The summed E-state index contributed by atoms with van der Waals surface area (Å²) in [6, 6.07) is 6.51. The highest BCUT2D eigenvalue weighted by atomic mass is 16.4. The van der Waals surface area contributed by atoms with Crippen LogP contribution in [-0.4, -0.2) is 23.6 Å². The summed E-state index contributed by atoms with van der Waals surface area (Å²) in [5, 5.41) is 12.1. The molecule has 3 N–H and O–H groups in total. The lowest BCUT2D eigenvalue weighted by molar-refractivity contribution is 0.318. The molecule has 18 heavy (non-hydrogen) atoms. The summed E-state index contributed by atoms with van der Waals surface area (Å²) in [6.45, 7) is 5.34. The number of amidine groups is 1. The summed E-state index contributed by atoms with van der Waals surface area (Å²) >= 11 is 0. The van der Waals surface area contributed by atoms with Crippen molar-refractivity contribution in [3.63, 3.8) is 0 Å². The number of para-hydroxylation sites is 1. The van der Waals surface area contributed by atoms with Crippen LogP contribution in [0, 0.1) is 6.92 Å². The fourth-order valence-electron chi connectivity index (χ4n) is 2.86. The molecule has 2 rings (SSSR count). The van der Waals surface area contributed by atoms with Crippen molar-refractivity contribution in [2.24, 2.45) is 10.9 Å². The van der Waals surface area contributed by atoms with E-state index in [0.717, 1.165) is 24.2 Å². The van der Waals surface area contributed by atoms with Gasteiger partial charge >= 0.3 is 0 Å². The highest BCUT2D eigenvalue weighted by Gasteiger charge is 2.26. The number of hydrogen-bond acceptors (Lipinski definition) is 3. The van der Waals surface area contributed by atoms with Crippen LogP contribution in [0.4, 0.5) is 5.69 Å². The van der Waals surface area contributed by atoms with Crippen molar-refractivity contribution < 1.29 is 5.21 Å². The second kappa shape index (κ2) is 5.29. The Morgan fingerprint density at radius 3 is 3.00 bits per heavy atom. The van der Waals surface area contributed by atoms with Gasteiger partial charge < -0.3 is 15.8 Å². The van der Waals surface area contributed by atoms with Gasteiger partial charge in [-0.25, -0.2) is 0 Å². The summed E-state index contributed by atoms with van der Waals surface area (Å²) in [7, 11) is 0. The Labute approximate surface area is 108 Å². The van der Waals surface area contributed by atoms with Crippen LogP contribution in [0.5, 0.6) is 0 Å². The highest BCUT2D eigenvalue weighted by molar-refractivity contribution is 6.02. The molecular weight excluding hydrogens is 226 g/mol. The lowest BCUT2D eigenvalue weighted by Crippen LogP contribution is -2.31. The number of nitrogens with zero attached hydrogens (tertiary/aromatic N) is 2. The van der Waals surface area contributed by atoms with Gasteiger partial charge in [0.15, 0.2) is 5.84 Å². The Bertz CT molecular complexity index is 456. The van der Waals surface area contributed by atoms with E-state index in [9.17, 15) is 0 Å². The van der Waals surface area contributed by atoms with E-state index in [1.165, 1.54) is 18.4 Å². The van der Waals surface area contributed by atoms with Crippen LogP contribution in [0.3, 0.4) is 0 Å². The second-order valence-electron chi connectivity index (χ2n) is 4.85. The van der Waals surface area contributed by atoms with Crippen LogP contribution < -0.4 is 10.6 Å². The van der Waals surface area contributed by atoms with Gasteiger partial charge in [0.2, 0.25) is 0 Å². The topological polar surface area (TPSA) is 61.8 Å². The minimum absolute atomic E-state index is 0.190. The maximum Gasteiger partial charge on any atom is 0.172 e. The molecule has 1 heterocycles. The first-order chi connectivity index (χ1) is 8.69. The van der Waals surface area contributed by atoms with Crippen LogP contribution in [0.15, 0.2) is 23.4 Å². The van der Waals surface area contributed by atoms with E-state index < -0.39 is 0 Å². The molecule has 0 amide bonds. The molecule has 1 aromatic rings. The summed E-state index contributed by atoms with van der Waals surface area (Å²) in [5.41, 5.74) is 8.93. The third kappa shape index (κ3) is 2.15. The van der Waals surface area contributed by atoms with Crippen molar-refractivity contribution in [3.05, 3.63) is 29.3 Å². The van der Waals surface area contributed by atoms with E-state index in [1.807, 2.05) is 12.1 Å². The molecule has 1 atom stereocenters. The molecule has 1 fully saturated rings. The number of anilines is 1. The zero-order valence-electron chi connectivity index (χ0n) is 11.1. The van der Waals surface area contributed by atoms with Crippen LogP contribution >= 0.6 is 0 Å². The van der Waals surface area contributed by atoms with Gasteiger partial charge in [-0.1, -0.05) is 24.2 Å². The van der Waals surface area contributed by atoms with Gasteiger partial charge in [-0.15, -0.1) is 0 Å². The number of hydrogen-bond donors (Lipinski definition) is 2. The lowest BCUT2D eigenvalue weighted by Gasteiger charge is -2.29. The molecule has 0 saturated carbocycles. The first kappa shape index (κ1) is 12.7. The Morgan fingerprint density at radius 2 is 2.33 bits per heavy atom. The van der Waals surface area contributed by atoms with Crippen molar-refractivity contribution in [2.45, 2.75) is 39.2 Å². The van der Waals surface area contributed by atoms with E-state index in [4.69, 9.17) is 10.9 Å². The smallest absolute Gasteiger partial charge is 0.172 e. The minimum atomic E-state index is 0.190. The van der Waals surface area contributed by atoms with Crippen LogP contribution in [0.25, 0.3) is 0 Å². The van der Waals surface area contributed by atoms with Crippen molar-refractivity contribution in [1.29, 1.82) is 0 Å². The fourth-order valence-corrected chi connectivity index (χ4v) is 2.86. The molecule has 0 radical (unpaired) electrons. The van der Waals surface area contributed by atoms with Crippen molar-refractivity contribution in [3.8, 4) is 0 Å². The van der Waals surface area contributed by atoms with Gasteiger partial charge in [-0.05, 0) is 37.8 Å². The maximum atomic E-state index is 8.91. The quantitative estimate of drug-likeness (QED) is 0.373. The Hall–Kier alpha value is -1.71. The predicted molar refractivity (Wildman–Crippen MR) is 74.3 cm³/mol. The molecule has 1 saturated heterocycles. The Balaban J connectivity index is 2.48. The van der Waals surface area contributed by atoms with Crippen molar-refractivity contribution in [1.82, 2.24) is 0 Å². The van der Waals surface area contributed by atoms with Crippen molar-refractivity contribution in [2.75, 3.05) is 11.4 Å². The molecule has 1 aliphatic heterocycles. The van der Waals surface area contributed by atoms with E-state index in [-0.39, 0.29) is 5.84 Å². The molecular formula is C14H21N3O. The highest BCUT2D eigenvalue weighted by Crippen LogP contribution is 2.32. The Kier molecular flexibility index (Phi) is 3.75. The first-order valence-corrected chi connectivity index (χ1v) is 6.53. The third-order valence-electron chi connectivity index (χ3n) is 3.76. The van der Waals surface area contributed by atoms with E-state index in [0.29, 0.717) is 6.04 Å². The van der Waals surface area contributed by atoms with Gasteiger partial charge in [0.05, 0.1) is 5.69 Å². The largest absolute Gasteiger partial charge is 0.409 e. The van der Waals surface area contributed by atoms with E-state index in [1.54, 1.807) is 0 Å². The average molecular weight is 247 g/mol. The molecule has 1 aliphatic rings. The average Bonchev–Trinajstić information content (AvgIpc) is 2.85. The van der Waals surface area contributed by atoms with Gasteiger partial charge in [0.1, 0.15) is 0 Å². The number of benzene rings is 1. The number of rotatable bonds is 3. The standard InChI is InChI=1S/C14H21N3O/c1-3-11-7-5-9-17(11)13-10(2)6-4-8-12(13)14(15)16-18/h4,6,8,11,18H,3,5,7,9H2,1-2H3,(H2,15,16). The number of nitrogens with two attached hydrogens (primary N) is 1. The zero-order valence-corrected chi connectivity index (χ0v) is 11.1. The molecule has 98 valence electrons. The van der Waals surface area contributed by atoms with E-state index >= 15 is 0 Å².